The van der Waals surface area contributed by atoms with E-state index in [9.17, 15) is 4.57 Å². The van der Waals surface area contributed by atoms with Crippen LogP contribution in [0.1, 0.15) is 6.92 Å². The van der Waals surface area contributed by atoms with Crippen molar-refractivity contribution in [2.24, 2.45) is 5.92 Å². The van der Waals surface area contributed by atoms with Crippen LogP contribution in [0.4, 0.5) is 0 Å². The van der Waals surface area contributed by atoms with Crippen molar-refractivity contribution in [1.29, 1.82) is 0 Å². The van der Waals surface area contributed by atoms with E-state index in [4.69, 9.17) is 15.0 Å². The van der Waals surface area contributed by atoms with Gasteiger partial charge in [0.05, 0.1) is 6.16 Å². The maximum absolute atomic E-state index is 10.3. The molecule has 1 atom stereocenters. The molecule has 0 fully saturated rings. The maximum Gasteiger partial charge on any atom is 0.325 e. The Hall–Kier alpha value is 0.0700. The molecule has 0 aromatic heterocycles. The minimum Gasteiger partial charge on any atom is -0.324 e. The SMILES string of the molecule is CC(CNO)CP(=O)(O)O. The first-order valence-electron chi connectivity index (χ1n) is 2.87. The Morgan fingerprint density at radius 1 is 1.60 bits per heavy atom. The summed E-state index contributed by atoms with van der Waals surface area (Å²) in [7, 11) is -3.90. The van der Waals surface area contributed by atoms with Crippen LogP contribution in [0.5, 0.6) is 0 Å². The van der Waals surface area contributed by atoms with Crippen molar-refractivity contribution in [3.63, 3.8) is 0 Å². The number of hydrogen-bond donors (Lipinski definition) is 4. The Labute approximate surface area is 59.2 Å². The van der Waals surface area contributed by atoms with E-state index in [1.165, 1.54) is 0 Å². The van der Waals surface area contributed by atoms with Gasteiger partial charge in [-0.2, -0.15) is 0 Å². The third-order valence-electron chi connectivity index (χ3n) is 0.989. The summed E-state index contributed by atoms with van der Waals surface area (Å²) in [6.45, 7) is 1.84. The minimum atomic E-state index is -3.90. The molecule has 0 rings (SSSR count). The molecule has 0 aliphatic carbocycles. The van der Waals surface area contributed by atoms with E-state index in [0.29, 0.717) is 0 Å². The Morgan fingerprint density at radius 2 is 2.10 bits per heavy atom. The standard InChI is InChI=1S/C4H12NO4P/c1-4(2-5-6)3-10(7,8)9/h4-6H,2-3H2,1H3,(H2,7,8,9). The van der Waals surface area contributed by atoms with Crippen molar-refractivity contribution in [2.75, 3.05) is 12.7 Å². The summed E-state index contributed by atoms with van der Waals surface area (Å²) < 4.78 is 10.3. The predicted octanol–water partition coefficient (Wildman–Crippen LogP) is -0.221. The number of rotatable bonds is 4. The second kappa shape index (κ2) is 4.05. The normalized spacial score (nSPS) is 15.2. The topological polar surface area (TPSA) is 89.8 Å². The lowest BCUT2D eigenvalue weighted by molar-refractivity contribution is 0.154. The lowest BCUT2D eigenvalue weighted by Crippen LogP contribution is -2.19. The Morgan fingerprint density at radius 3 is 2.40 bits per heavy atom. The highest BCUT2D eigenvalue weighted by Gasteiger charge is 2.17. The summed E-state index contributed by atoms with van der Waals surface area (Å²) in [4.78, 5) is 16.8. The van der Waals surface area contributed by atoms with Crippen molar-refractivity contribution in [3.05, 3.63) is 0 Å². The first kappa shape index (κ1) is 10.1. The molecule has 1 unspecified atom stereocenters. The quantitative estimate of drug-likeness (QED) is 0.345. The third kappa shape index (κ3) is 6.19. The lowest BCUT2D eigenvalue weighted by Gasteiger charge is -2.09. The average Bonchev–Trinajstić information content (AvgIpc) is 1.59. The van der Waals surface area contributed by atoms with Gasteiger partial charge >= 0.3 is 7.60 Å². The van der Waals surface area contributed by atoms with E-state index in [0.717, 1.165) is 0 Å². The molecule has 0 aromatic carbocycles. The van der Waals surface area contributed by atoms with Crippen LogP contribution in [0.15, 0.2) is 0 Å². The second-order valence-corrected chi connectivity index (χ2v) is 4.01. The molecule has 0 aliphatic heterocycles. The molecule has 5 nitrogen and oxygen atoms in total. The van der Waals surface area contributed by atoms with Crippen LogP contribution in [0.25, 0.3) is 0 Å². The summed E-state index contributed by atoms with van der Waals surface area (Å²) in [5, 5.41) is 8.13. The maximum atomic E-state index is 10.3. The van der Waals surface area contributed by atoms with Gasteiger partial charge in [-0.05, 0) is 5.92 Å². The predicted molar refractivity (Wildman–Crippen MR) is 35.9 cm³/mol. The van der Waals surface area contributed by atoms with Gasteiger partial charge in [0.2, 0.25) is 0 Å². The van der Waals surface area contributed by atoms with Crippen LogP contribution in [-0.2, 0) is 4.57 Å². The highest BCUT2D eigenvalue weighted by atomic mass is 31.2. The largest absolute Gasteiger partial charge is 0.325 e. The van der Waals surface area contributed by atoms with Gasteiger partial charge in [-0.1, -0.05) is 6.92 Å². The molecular weight excluding hydrogens is 157 g/mol. The molecule has 0 aliphatic rings. The van der Waals surface area contributed by atoms with Gasteiger partial charge < -0.3 is 15.0 Å². The van der Waals surface area contributed by atoms with Crippen LogP contribution in [0, 0.1) is 5.92 Å². The van der Waals surface area contributed by atoms with Gasteiger partial charge in [0.25, 0.3) is 0 Å². The van der Waals surface area contributed by atoms with Gasteiger partial charge in [0.1, 0.15) is 0 Å². The van der Waals surface area contributed by atoms with Crippen LogP contribution < -0.4 is 5.48 Å². The van der Waals surface area contributed by atoms with Crippen molar-refractivity contribution in [1.82, 2.24) is 5.48 Å². The van der Waals surface area contributed by atoms with Crippen LogP contribution in [-0.4, -0.2) is 27.7 Å². The molecule has 0 aromatic rings. The monoisotopic (exact) mass is 169 g/mol. The summed E-state index contributed by atoms with van der Waals surface area (Å²) in [5.41, 5.74) is 1.85. The Balaban J connectivity index is 3.58. The van der Waals surface area contributed by atoms with Gasteiger partial charge in [0.15, 0.2) is 0 Å². The summed E-state index contributed by atoms with van der Waals surface area (Å²) >= 11 is 0. The number of hydrogen-bond acceptors (Lipinski definition) is 3. The fourth-order valence-electron chi connectivity index (χ4n) is 0.626. The second-order valence-electron chi connectivity index (χ2n) is 2.31. The van der Waals surface area contributed by atoms with Crippen LogP contribution >= 0.6 is 7.60 Å². The van der Waals surface area contributed by atoms with Crippen molar-refractivity contribution < 1.29 is 19.6 Å². The van der Waals surface area contributed by atoms with E-state index in [1.807, 2.05) is 5.48 Å². The molecule has 62 valence electrons. The minimum absolute atomic E-state index is 0.194. The van der Waals surface area contributed by atoms with E-state index >= 15 is 0 Å². The van der Waals surface area contributed by atoms with Gasteiger partial charge in [-0.3, -0.25) is 4.57 Å². The molecule has 4 N–H and O–H groups in total. The molecule has 0 spiro atoms. The van der Waals surface area contributed by atoms with Crippen molar-refractivity contribution >= 4 is 7.60 Å². The Kier molecular flexibility index (Phi) is 4.08. The first-order valence-corrected chi connectivity index (χ1v) is 4.67. The molecule has 0 heterocycles. The molecular formula is C4H12NO4P. The van der Waals surface area contributed by atoms with E-state index in [1.54, 1.807) is 6.92 Å². The molecule has 0 amide bonds. The average molecular weight is 169 g/mol. The molecule has 6 heteroatoms. The van der Waals surface area contributed by atoms with Crippen LogP contribution in [0.2, 0.25) is 0 Å². The zero-order valence-corrected chi connectivity index (χ0v) is 6.58. The highest BCUT2D eigenvalue weighted by molar-refractivity contribution is 7.51. The molecule has 0 saturated carbocycles. The van der Waals surface area contributed by atoms with Gasteiger partial charge in [-0.25, -0.2) is 5.48 Å². The summed E-state index contributed by atoms with van der Waals surface area (Å²) in [5.74, 6) is -0.217. The van der Waals surface area contributed by atoms with Gasteiger partial charge in [0, 0.05) is 6.54 Å². The molecule has 10 heavy (non-hydrogen) atoms. The molecule has 0 radical (unpaired) electrons. The fourth-order valence-corrected chi connectivity index (χ4v) is 1.57. The number of hydroxylamine groups is 1. The summed E-state index contributed by atoms with van der Waals surface area (Å²) in [6, 6.07) is 0. The van der Waals surface area contributed by atoms with E-state index in [-0.39, 0.29) is 18.6 Å². The zero-order valence-electron chi connectivity index (χ0n) is 5.69. The zero-order chi connectivity index (χ0) is 8.20. The third-order valence-corrected chi connectivity index (χ3v) is 2.09. The smallest absolute Gasteiger partial charge is 0.324 e. The molecule has 0 saturated heterocycles. The Bertz CT molecular complexity index is 133. The lowest BCUT2D eigenvalue weighted by atomic mass is 10.2. The molecule has 0 bridgehead atoms. The fraction of sp³-hybridized carbons (Fsp3) is 1.00. The summed E-state index contributed by atoms with van der Waals surface area (Å²) in [6.07, 6.45) is -0.194. The van der Waals surface area contributed by atoms with Crippen LogP contribution in [0.3, 0.4) is 0 Å². The highest BCUT2D eigenvalue weighted by Crippen LogP contribution is 2.36. The van der Waals surface area contributed by atoms with Gasteiger partial charge in [-0.15, -0.1) is 0 Å². The van der Waals surface area contributed by atoms with E-state index in [2.05, 4.69) is 0 Å². The first-order chi connectivity index (χ1) is 4.45. The number of nitrogens with one attached hydrogen (secondary N) is 1. The van der Waals surface area contributed by atoms with Crippen molar-refractivity contribution in [3.8, 4) is 0 Å². The van der Waals surface area contributed by atoms with Crippen molar-refractivity contribution in [2.45, 2.75) is 6.92 Å². The van der Waals surface area contributed by atoms with E-state index < -0.39 is 7.60 Å².